The number of nitrogens with zero attached hydrogens (tertiary/aromatic N) is 2. The van der Waals surface area contributed by atoms with Gasteiger partial charge in [0, 0.05) is 5.92 Å². The van der Waals surface area contributed by atoms with Gasteiger partial charge in [0.2, 0.25) is 0 Å². The minimum Gasteiger partial charge on any atom is -0.508 e. The van der Waals surface area contributed by atoms with Crippen LogP contribution in [0.1, 0.15) is 46.8 Å². The molecule has 3 aromatic rings. The Morgan fingerprint density at radius 1 is 0.973 bits per heavy atom. The largest absolute Gasteiger partial charge is 0.508 e. The first-order chi connectivity index (χ1) is 17.9. The summed E-state index contributed by atoms with van der Waals surface area (Å²) in [7, 11) is 0. The predicted molar refractivity (Wildman–Crippen MR) is 134 cm³/mol. The van der Waals surface area contributed by atoms with Crippen molar-refractivity contribution in [2.75, 3.05) is 6.61 Å². The molecule has 0 bridgehead atoms. The van der Waals surface area contributed by atoms with Crippen LogP contribution in [0.4, 0.5) is 8.78 Å². The van der Waals surface area contributed by atoms with Gasteiger partial charge < -0.3 is 9.84 Å². The van der Waals surface area contributed by atoms with Crippen molar-refractivity contribution in [3.8, 4) is 5.75 Å². The lowest BCUT2D eigenvalue weighted by Crippen LogP contribution is -2.34. The monoisotopic (exact) mass is 502 g/mol. The van der Waals surface area contributed by atoms with Crippen LogP contribution >= 0.6 is 0 Å². The van der Waals surface area contributed by atoms with E-state index in [1.165, 1.54) is 53.5 Å². The van der Waals surface area contributed by atoms with Crippen molar-refractivity contribution < 1.29 is 28.2 Å². The van der Waals surface area contributed by atoms with Crippen molar-refractivity contribution in [1.82, 2.24) is 5.01 Å². The van der Waals surface area contributed by atoms with E-state index in [2.05, 4.69) is 5.10 Å². The highest BCUT2D eigenvalue weighted by Gasteiger charge is 2.43. The van der Waals surface area contributed by atoms with Gasteiger partial charge in [-0.05, 0) is 90.6 Å². The first-order valence-corrected chi connectivity index (χ1v) is 12.0. The molecular weight excluding hydrogens is 478 g/mol. The van der Waals surface area contributed by atoms with E-state index < -0.39 is 24.5 Å². The molecule has 1 N–H and O–H groups in total. The van der Waals surface area contributed by atoms with E-state index >= 15 is 0 Å². The van der Waals surface area contributed by atoms with Crippen LogP contribution in [0.3, 0.4) is 0 Å². The summed E-state index contributed by atoms with van der Waals surface area (Å²) in [5.74, 6) is -2.03. The van der Waals surface area contributed by atoms with Crippen LogP contribution in [-0.4, -0.2) is 34.3 Å². The molecule has 2 atom stereocenters. The molecule has 5 rings (SSSR count). The second kappa shape index (κ2) is 10.3. The average Bonchev–Trinajstić information content (AvgIpc) is 3.30. The molecule has 1 fully saturated rings. The molecule has 6 nitrogen and oxygen atoms in total. The lowest BCUT2D eigenvalue weighted by molar-refractivity contribution is -0.137. The molecule has 188 valence electrons. The highest BCUT2D eigenvalue weighted by Crippen LogP contribution is 2.44. The van der Waals surface area contributed by atoms with Gasteiger partial charge in [-0.1, -0.05) is 24.3 Å². The third-order valence-corrected chi connectivity index (χ3v) is 6.61. The number of hydrazone groups is 1. The van der Waals surface area contributed by atoms with Crippen LogP contribution in [0, 0.1) is 17.6 Å². The molecular formula is C29H24F2N2O4. The Labute approximate surface area is 212 Å². The van der Waals surface area contributed by atoms with E-state index in [0.717, 1.165) is 41.7 Å². The van der Waals surface area contributed by atoms with Gasteiger partial charge in [0.25, 0.3) is 5.91 Å². The van der Waals surface area contributed by atoms with Crippen LogP contribution < -0.4 is 0 Å². The number of ether oxygens (including phenoxy) is 1. The Bertz CT molecular complexity index is 1370. The number of carbonyl (C=O) groups excluding carboxylic acids is 2. The second-order valence-corrected chi connectivity index (χ2v) is 9.06. The summed E-state index contributed by atoms with van der Waals surface area (Å²) < 4.78 is 32.3. The van der Waals surface area contributed by atoms with E-state index in [1.54, 1.807) is 24.3 Å². The van der Waals surface area contributed by atoms with E-state index in [9.17, 15) is 23.5 Å². The van der Waals surface area contributed by atoms with Crippen LogP contribution in [0.15, 0.2) is 83.5 Å². The van der Waals surface area contributed by atoms with Crippen molar-refractivity contribution in [3.63, 3.8) is 0 Å². The highest BCUT2D eigenvalue weighted by atomic mass is 19.1. The number of hydrogen-bond acceptors (Lipinski definition) is 5. The smallest absolute Gasteiger partial charge is 0.338 e. The number of phenolic OH excluding ortho intramolecular Hbond substituents is 1. The van der Waals surface area contributed by atoms with E-state index in [-0.39, 0.29) is 28.9 Å². The number of amides is 1. The van der Waals surface area contributed by atoms with Crippen molar-refractivity contribution >= 4 is 23.7 Å². The second-order valence-electron chi connectivity index (χ2n) is 9.06. The normalized spacial score (nSPS) is 19.9. The number of hydrogen-bond donors (Lipinski definition) is 1. The van der Waals surface area contributed by atoms with Crippen molar-refractivity contribution in [2.45, 2.75) is 25.3 Å². The van der Waals surface area contributed by atoms with Gasteiger partial charge in [-0.25, -0.2) is 18.6 Å². The molecule has 0 spiro atoms. The number of benzene rings is 3. The SMILES string of the molecule is O=C(OCC(=O)N1N=C2C(=Cc3ccc(F)cc3)CCCC2C1c1ccc(F)cc1)c1ccc(O)cc1. The van der Waals surface area contributed by atoms with E-state index in [4.69, 9.17) is 4.74 Å². The molecule has 1 heterocycles. The molecule has 2 aliphatic rings. The first-order valence-electron chi connectivity index (χ1n) is 12.0. The Hall–Kier alpha value is -4.33. The molecule has 3 aromatic carbocycles. The van der Waals surface area contributed by atoms with Crippen LogP contribution in [0.25, 0.3) is 6.08 Å². The Balaban J connectivity index is 1.43. The average molecular weight is 503 g/mol. The summed E-state index contributed by atoms with van der Waals surface area (Å²) in [6.45, 7) is -0.530. The number of rotatable bonds is 5. The summed E-state index contributed by atoms with van der Waals surface area (Å²) in [6.07, 6.45) is 4.34. The number of esters is 1. The van der Waals surface area contributed by atoms with Gasteiger partial charge in [-0.15, -0.1) is 0 Å². The molecule has 8 heteroatoms. The molecule has 2 unspecified atom stereocenters. The van der Waals surface area contributed by atoms with Gasteiger partial charge in [0.15, 0.2) is 6.61 Å². The van der Waals surface area contributed by atoms with Gasteiger partial charge in [0.05, 0.1) is 17.3 Å². The van der Waals surface area contributed by atoms with E-state index in [1.807, 2.05) is 6.08 Å². The third kappa shape index (κ3) is 5.28. The van der Waals surface area contributed by atoms with Gasteiger partial charge in [0.1, 0.15) is 17.4 Å². The molecule has 1 saturated carbocycles. The zero-order valence-electron chi connectivity index (χ0n) is 19.8. The fourth-order valence-corrected chi connectivity index (χ4v) is 4.83. The summed E-state index contributed by atoms with van der Waals surface area (Å²) in [5.41, 5.74) is 3.46. The Morgan fingerprint density at radius 2 is 1.62 bits per heavy atom. The molecule has 1 aliphatic heterocycles. The fraction of sp³-hybridized carbons (Fsp3) is 0.207. The minimum atomic E-state index is -0.701. The maximum atomic E-state index is 13.7. The van der Waals surface area contributed by atoms with Gasteiger partial charge in [-0.3, -0.25) is 4.79 Å². The number of phenols is 1. The van der Waals surface area contributed by atoms with Crippen molar-refractivity contribution in [1.29, 1.82) is 0 Å². The first kappa shape index (κ1) is 24.4. The molecule has 0 radical (unpaired) electrons. The third-order valence-electron chi connectivity index (χ3n) is 6.61. The lowest BCUT2D eigenvalue weighted by Gasteiger charge is -2.29. The number of allylic oxidation sites excluding steroid dienone is 1. The number of halogens is 2. The van der Waals surface area contributed by atoms with E-state index in [0.29, 0.717) is 0 Å². The molecule has 1 aliphatic carbocycles. The number of fused-ring (bicyclic) bond motifs is 1. The number of aromatic hydroxyl groups is 1. The molecule has 0 aromatic heterocycles. The standard InChI is InChI=1S/C29H24F2N2O4/c30-22-10-4-18(5-11-22)16-21-2-1-3-25-27(21)32-33(28(25)19-6-12-23(31)13-7-19)26(35)17-37-29(36)20-8-14-24(34)15-9-20/h4-16,25,28,34H,1-3,17H2. The zero-order chi connectivity index (χ0) is 25.9. The Morgan fingerprint density at radius 3 is 2.30 bits per heavy atom. The van der Waals surface area contributed by atoms with Gasteiger partial charge >= 0.3 is 5.97 Å². The maximum Gasteiger partial charge on any atom is 0.338 e. The summed E-state index contributed by atoms with van der Waals surface area (Å²) >= 11 is 0. The summed E-state index contributed by atoms with van der Waals surface area (Å²) in [6, 6.07) is 17.2. The predicted octanol–water partition coefficient (Wildman–Crippen LogP) is 5.65. The fourth-order valence-electron chi connectivity index (χ4n) is 4.83. The Kier molecular flexibility index (Phi) is 6.81. The molecule has 0 saturated heterocycles. The highest BCUT2D eigenvalue weighted by molar-refractivity contribution is 6.08. The maximum absolute atomic E-state index is 13.7. The lowest BCUT2D eigenvalue weighted by atomic mass is 9.77. The molecule has 37 heavy (non-hydrogen) atoms. The van der Waals surface area contributed by atoms with Crippen LogP contribution in [0.2, 0.25) is 0 Å². The van der Waals surface area contributed by atoms with Crippen molar-refractivity contribution in [3.05, 3.63) is 107 Å². The van der Waals surface area contributed by atoms with Crippen molar-refractivity contribution in [2.24, 2.45) is 11.0 Å². The summed E-state index contributed by atoms with van der Waals surface area (Å²) in [5, 5.41) is 15.4. The van der Waals surface area contributed by atoms with Gasteiger partial charge in [-0.2, -0.15) is 5.10 Å². The zero-order valence-corrected chi connectivity index (χ0v) is 19.8. The van der Waals surface area contributed by atoms with Crippen LogP contribution in [0.5, 0.6) is 5.75 Å². The number of carbonyl (C=O) groups is 2. The topological polar surface area (TPSA) is 79.2 Å². The minimum absolute atomic E-state index is 0.00904. The summed E-state index contributed by atoms with van der Waals surface area (Å²) in [4.78, 5) is 25.7. The quantitative estimate of drug-likeness (QED) is 0.458. The molecule has 1 amide bonds. The van der Waals surface area contributed by atoms with Crippen LogP contribution in [-0.2, 0) is 9.53 Å².